The molecule has 0 N–H and O–H groups in total. The Balaban J connectivity index is 1.91. The van der Waals surface area contributed by atoms with Crippen LogP contribution in [0.3, 0.4) is 0 Å². The summed E-state index contributed by atoms with van der Waals surface area (Å²) in [5, 5.41) is 2.04. The zero-order valence-corrected chi connectivity index (χ0v) is 11.1. The van der Waals surface area contributed by atoms with Gasteiger partial charge in [0.2, 0.25) is 5.91 Å². The van der Waals surface area contributed by atoms with Crippen LogP contribution < -0.4 is 4.90 Å². The summed E-state index contributed by atoms with van der Waals surface area (Å²) in [5.41, 5.74) is 0.806. The fraction of sp³-hybridized carbons (Fsp3) is 0.267. The van der Waals surface area contributed by atoms with Crippen molar-refractivity contribution in [2.24, 2.45) is 5.92 Å². The number of rotatable bonds is 2. The maximum Gasteiger partial charge on any atom is 0.311 e. The third-order valence-corrected chi connectivity index (χ3v) is 3.60. The van der Waals surface area contributed by atoms with Gasteiger partial charge in [-0.05, 0) is 23.6 Å². The number of aromatic nitrogens is 1. The monoisotopic (exact) mass is 270 g/mol. The topological polar surface area (TPSA) is 59.5 Å². The normalized spacial score (nSPS) is 18.6. The smallest absolute Gasteiger partial charge is 0.311 e. The van der Waals surface area contributed by atoms with Crippen LogP contribution in [0, 0.1) is 5.92 Å². The molecule has 102 valence electrons. The highest BCUT2D eigenvalue weighted by molar-refractivity contribution is 6.01. The minimum absolute atomic E-state index is 0.0474. The molecule has 0 bridgehead atoms. The van der Waals surface area contributed by atoms with Crippen LogP contribution in [0.5, 0.6) is 0 Å². The number of methoxy groups -OCH3 is 1. The SMILES string of the molecule is COC(=O)C1CC(=O)N(c2ccc3cnccc3c2)C1. The van der Waals surface area contributed by atoms with Gasteiger partial charge in [-0.15, -0.1) is 0 Å². The summed E-state index contributed by atoms with van der Waals surface area (Å²) in [6.45, 7) is 0.377. The number of nitrogens with zero attached hydrogens (tertiary/aromatic N) is 2. The number of hydrogen-bond donors (Lipinski definition) is 0. The molecule has 20 heavy (non-hydrogen) atoms. The van der Waals surface area contributed by atoms with E-state index in [1.807, 2.05) is 24.3 Å². The summed E-state index contributed by atoms with van der Waals surface area (Å²) in [6, 6.07) is 7.64. The zero-order valence-electron chi connectivity index (χ0n) is 11.1. The molecular weight excluding hydrogens is 256 g/mol. The predicted octanol–water partition coefficient (Wildman–Crippen LogP) is 1.76. The van der Waals surface area contributed by atoms with E-state index in [1.165, 1.54) is 7.11 Å². The van der Waals surface area contributed by atoms with Crippen LogP contribution in [-0.4, -0.2) is 30.5 Å². The fourth-order valence-corrected chi connectivity index (χ4v) is 2.52. The van der Waals surface area contributed by atoms with E-state index >= 15 is 0 Å². The Kier molecular flexibility index (Phi) is 3.10. The predicted molar refractivity (Wildman–Crippen MR) is 74.2 cm³/mol. The molecule has 1 atom stereocenters. The van der Waals surface area contributed by atoms with Gasteiger partial charge in [-0.1, -0.05) is 6.07 Å². The quantitative estimate of drug-likeness (QED) is 0.780. The van der Waals surface area contributed by atoms with Gasteiger partial charge in [0, 0.05) is 36.4 Å². The van der Waals surface area contributed by atoms with Crippen molar-refractivity contribution in [1.29, 1.82) is 0 Å². The molecule has 1 aliphatic rings. The van der Waals surface area contributed by atoms with Gasteiger partial charge in [-0.25, -0.2) is 0 Å². The third-order valence-electron chi connectivity index (χ3n) is 3.60. The van der Waals surface area contributed by atoms with Crippen molar-refractivity contribution < 1.29 is 14.3 Å². The summed E-state index contributed by atoms with van der Waals surface area (Å²) in [7, 11) is 1.35. The average molecular weight is 270 g/mol. The van der Waals surface area contributed by atoms with E-state index in [4.69, 9.17) is 4.74 Å². The number of amides is 1. The molecule has 1 unspecified atom stereocenters. The maximum absolute atomic E-state index is 12.0. The molecule has 1 aromatic carbocycles. The van der Waals surface area contributed by atoms with Gasteiger partial charge < -0.3 is 9.64 Å². The molecule has 1 aromatic heterocycles. The number of fused-ring (bicyclic) bond motifs is 1. The molecule has 1 amide bonds. The van der Waals surface area contributed by atoms with Crippen LogP contribution in [0.2, 0.25) is 0 Å². The summed E-state index contributed by atoms with van der Waals surface area (Å²) < 4.78 is 4.71. The molecule has 5 nitrogen and oxygen atoms in total. The molecule has 3 rings (SSSR count). The number of ether oxygens (including phenoxy) is 1. The number of carbonyl (C=O) groups is 2. The fourth-order valence-electron chi connectivity index (χ4n) is 2.52. The van der Waals surface area contributed by atoms with Gasteiger partial charge in [0.05, 0.1) is 13.0 Å². The molecule has 2 aromatic rings. The first-order chi connectivity index (χ1) is 9.69. The Morgan fingerprint density at radius 3 is 3.00 bits per heavy atom. The van der Waals surface area contributed by atoms with Crippen LogP contribution in [0.15, 0.2) is 36.7 Å². The lowest BCUT2D eigenvalue weighted by atomic mass is 10.1. The molecule has 0 spiro atoms. The highest BCUT2D eigenvalue weighted by Crippen LogP contribution is 2.28. The number of esters is 1. The van der Waals surface area contributed by atoms with Crippen molar-refractivity contribution in [3.8, 4) is 0 Å². The largest absolute Gasteiger partial charge is 0.469 e. The highest BCUT2D eigenvalue weighted by atomic mass is 16.5. The maximum atomic E-state index is 12.0. The van der Waals surface area contributed by atoms with E-state index in [-0.39, 0.29) is 24.2 Å². The Labute approximate surface area is 116 Å². The van der Waals surface area contributed by atoms with E-state index in [0.717, 1.165) is 16.5 Å². The number of hydrogen-bond acceptors (Lipinski definition) is 4. The van der Waals surface area contributed by atoms with E-state index in [0.29, 0.717) is 6.54 Å². The first kappa shape index (κ1) is 12.6. The van der Waals surface area contributed by atoms with Crippen LogP contribution in [0.1, 0.15) is 6.42 Å². The van der Waals surface area contributed by atoms with E-state index in [2.05, 4.69) is 4.98 Å². The van der Waals surface area contributed by atoms with Crippen molar-refractivity contribution in [2.75, 3.05) is 18.6 Å². The molecule has 0 saturated carbocycles. The summed E-state index contributed by atoms with van der Waals surface area (Å²) >= 11 is 0. The van der Waals surface area contributed by atoms with E-state index in [9.17, 15) is 9.59 Å². The second-order valence-corrected chi connectivity index (χ2v) is 4.84. The molecule has 1 saturated heterocycles. The number of pyridine rings is 1. The molecule has 0 aliphatic carbocycles. The summed E-state index contributed by atoms with van der Waals surface area (Å²) in [6.07, 6.45) is 3.71. The number of benzene rings is 1. The lowest BCUT2D eigenvalue weighted by Crippen LogP contribution is -2.26. The molecule has 1 fully saturated rings. The van der Waals surface area contributed by atoms with Gasteiger partial charge in [-0.3, -0.25) is 14.6 Å². The van der Waals surface area contributed by atoms with Crippen molar-refractivity contribution >= 4 is 28.3 Å². The van der Waals surface area contributed by atoms with Crippen LogP contribution >= 0.6 is 0 Å². The summed E-state index contributed by atoms with van der Waals surface area (Å²) in [5.74, 6) is -0.750. The second kappa shape index (κ2) is 4.92. The molecule has 2 heterocycles. The minimum atomic E-state index is -0.374. The molecular formula is C15H14N2O3. The van der Waals surface area contributed by atoms with E-state index < -0.39 is 0 Å². The van der Waals surface area contributed by atoms with Gasteiger partial charge in [-0.2, -0.15) is 0 Å². The first-order valence-electron chi connectivity index (χ1n) is 6.41. The Hall–Kier alpha value is -2.43. The first-order valence-corrected chi connectivity index (χ1v) is 6.41. The third kappa shape index (κ3) is 2.11. The van der Waals surface area contributed by atoms with Crippen LogP contribution in [0.25, 0.3) is 10.8 Å². The standard InChI is InChI=1S/C15H14N2O3/c1-20-15(19)12-7-14(18)17(9-12)13-3-2-11-8-16-5-4-10(11)6-13/h2-6,8,12H,7,9H2,1H3. The van der Waals surface area contributed by atoms with Crippen molar-refractivity contribution in [1.82, 2.24) is 4.98 Å². The van der Waals surface area contributed by atoms with Crippen LogP contribution in [0.4, 0.5) is 5.69 Å². The Morgan fingerprint density at radius 1 is 1.35 bits per heavy atom. The molecule has 1 aliphatic heterocycles. The van der Waals surface area contributed by atoms with Crippen molar-refractivity contribution in [3.05, 3.63) is 36.7 Å². The molecule has 0 radical (unpaired) electrons. The highest BCUT2D eigenvalue weighted by Gasteiger charge is 2.35. The van der Waals surface area contributed by atoms with E-state index in [1.54, 1.807) is 17.3 Å². The average Bonchev–Trinajstić information content (AvgIpc) is 2.88. The van der Waals surface area contributed by atoms with Gasteiger partial charge >= 0.3 is 5.97 Å². The van der Waals surface area contributed by atoms with Crippen molar-refractivity contribution in [2.45, 2.75) is 6.42 Å². The lowest BCUT2D eigenvalue weighted by Gasteiger charge is -2.17. The van der Waals surface area contributed by atoms with Gasteiger partial charge in [0.1, 0.15) is 0 Å². The number of carbonyl (C=O) groups excluding carboxylic acids is 2. The van der Waals surface area contributed by atoms with Gasteiger partial charge in [0.25, 0.3) is 0 Å². The second-order valence-electron chi connectivity index (χ2n) is 4.84. The summed E-state index contributed by atoms with van der Waals surface area (Å²) in [4.78, 5) is 29.3. The Morgan fingerprint density at radius 2 is 2.20 bits per heavy atom. The van der Waals surface area contributed by atoms with Crippen molar-refractivity contribution in [3.63, 3.8) is 0 Å². The van der Waals surface area contributed by atoms with Gasteiger partial charge in [0.15, 0.2) is 0 Å². The molecule has 5 heteroatoms. The lowest BCUT2D eigenvalue weighted by molar-refractivity contribution is -0.145. The minimum Gasteiger partial charge on any atom is -0.469 e. The zero-order chi connectivity index (χ0) is 14.1. The Bertz CT molecular complexity index is 684. The van der Waals surface area contributed by atoms with Crippen LogP contribution in [-0.2, 0) is 14.3 Å². The number of anilines is 1.